The number of phenols is 1. The minimum absolute atomic E-state index is 0.0267. The number of nitrogens with one attached hydrogen (secondary N) is 1. The van der Waals surface area contributed by atoms with Crippen LogP contribution in [0.4, 0.5) is 19.4 Å². The Bertz CT molecular complexity index is 1970. The molecule has 3 fully saturated rings. The highest BCUT2D eigenvalue weighted by Gasteiger charge is 2.45. The Labute approximate surface area is 282 Å². The molecule has 1 unspecified atom stereocenters. The Morgan fingerprint density at radius 3 is 2.61 bits per heavy atom. The first-order chi connectivity index (χ1) is 23.7. The summed E-state index contributed by atoms with van der Waals surface area (Å²) >= 11 is 0. The number of anilines is 1. The Morgan fingerprint density at radius 2 is 1.82 bits per heavy atom. The van der Waals surface area contributed by atoms with Gasteiger partial charge in [-0.05, 0) is 106 Å². The van der Waals surface area contributed by atoms with E-state index in [9.17, 15) is 9.90 Å². The SMILES string of the molecule is COc1nc2c(F)c3nc(OCC45CCCN4CCC5)nc(c13)N1CCCC(C)(C1)NC(=O)OCCCc1c(F)ccc3cc(O)cc-2c13. The molecule has 0 radical (unpaired) electrons. The molecule has 2 aromatic heterocycles. The zero-order valence-corrected chi connectivity index (χ0v) is 27.8. The molecule has 0 spiro atoms. The van der Waals surface area contributed by atoms with Crippen molar-refractivity contribution in [3.63, 3.8) is 0 Å². The predicted octanol–water partition coefficient (Wildman–Crippen LogP) is 5.88. The highest BCUT2D eigenvalue weighted by Crippen LogP contribution is 2.44. The summed E-state index contributed by atoms with van der Waals surface area (Å²) < 4.78 is 50.6. The van der Waals surface area contributed by atoms with Crippen LogP contribution in [0.25, 0.3) is 32.9 Å². The first-order valence-electron chi connectivity index (χ1n) is 17.1. The van der Waals surface area contributed by atoms with Crippen molar-refractivity contribution < 1.29 is 32.9 Å². The van der Waals surface area contributed by atoms with E-state index in [-0.39, 0.29) is 58.4 Å². The number of alkyl carbamates (subject to hydrolysis) is 1. The third-order valence-electron chi connectivity index (χ3n) is 10.8. The first-order valence-corrected chi connectivity index (χ1v) is 17.1. The fourth-order valence-corrected chi connectivity index (χ4v) is 8.53. The van der Waals surface area contributed by atoms with E-state index in [1.807, 2.05) is 11.8 Å². The van der Waals surface area contributed by atoms with Crippen LogP contribution >= 0.6 is 0 Å². The molecule has 2 N–H and O–H groups in total. The van der Waals surface area contributed by atoms with Gasteiger partial charge in [0.05, 0.1) is 24.8 Å². The second-order valence-corrected chi connectivity index (χ2v) is 14.1. The standard InChI is InChI=1S/C36H40F2N6O5/c1-35-10-4-13-43(19-35)31-27-30(40-33(41-31)49-20-36-11-5-14-44(36)15-6-12-36)28(38)29(39-32(27)47-2)24-18-22(45)17-21-8-9-25(37)23(26(21)24)7-3-16-48-34(46)42-35/h8-9,17-18,45H,3-7,10-16,19-20H2,1-2H3,(H,42,46). The number of benzene rings is 2. The molecule has 3 saturated heterocycles. The lowest BCUT2D eigenvalue weighted by atomic mass is 9.91. The minimum Gasteiger partial charge on any atom is -0.508 e. The van der Waals surface area contributed by atoms with E-state index in [1.54, 1.807) is 0 Å². The maximum Gasteiger partial charge on any atom is 0.407 e. The maximum atomic E-state index is 17.2. The van der Waals surface area contributed by atoms with Crippen LogP contribution in [0, 0.1) is 11.6 Å². The molecule has 0 saturated carbocycles. The van der Waals surface area contributed by atoms with Gasteiger partial charge in [-0.2, -0.15) is 9.97 Å². The molecule has 258 valence electrons. The number of amides is 1. The van der Waals surface area contributed by atoms with Crippen LogP contribution < -0.4 is 19.7 Å². The number of rotatable bonds is 4. The molecule has 11 nitrogen and oxygen atoms in total. The lowest BCUT2D eigenvalue weighted by molar-refractivity contribution is 0.107. The van der Waals surface area contributed by atoms with Gasteiger partial charge in [0.15, 0.2) is 5.82 Å². The van der Waals surface area contributed by atoms with Crippen LogP contribution in [0.3, 0.4) is 0 Å². The Hall–Kier alpha value is -4.52. The number of ether oxygens (including phenoxy) is 3. The van der Waals surface area contributed by atoms with Crippen molar-refractivity contribution in [3.05, 3.63) is 41.5 Å². The van der Waals surface area contributed by atoms with Gasteiger partial charge in [-0.25, -0.2) is 18.6 Å². The number of phenolic OH excluding ortho intramolecular Hbond substituents is 1. The van der Waals surface area contributed by atoms with Crippen molar-refractivity contribution in [3.8, 4) is 28.9 Å². The molecule has 1 atom stereocenters. The van der Waals surface area contributed by atoms with Gasteiger partial charge in [0, 0.05) is 18.7 Å². The summed E-state index contributed by atoms with van der Waals surface area (Å²) in [6, 6.07) is 5.76. The molecule has 7 heterocycles. The van der Waals surface area contributed by atoms with E-state index in [4.69, 9.17) is 19.2 Å². The molecule has 2 aromatic carbocycles. The number of hydrogen-bond donors (Lipinski definition) is 2. The number of piperidine rings is 1. The Balaban J connectivity index is 1.37. The van der Waals surface area contributed by atoms with Gasteiger partial charge in [-0.3, -0.25) is 4.90 Å². The number of carbonyl (C=O) groups excluding carboxylic acids is 1. The molecule has 5 aliphatic rings. The number of nitrogens with zero attached hydrogens (tertiary/aromatic N) is 5. The predicted molar refractivity (Wildman–Crippen MR) is 179 cm³/mol. The fraction of sp³-hybridized carbons (Fsp3) is 0.500. The monoisotopic (exact) mass is 674 g/mol. The van der Waals surface area contributed by atoms with Crippen molar-refractivity contribution in [2.45, 2.75) is 69.4 Å². The third kappa shape index (κ3) is 5.51. The number of aromatic nitrogens is 3. The second-order valence-electron chi connectivity index (χ2n) is 14.1. The highest BCUT2D eigenvalue weighted by atomic mass is 19.1. The van der Waals surface area contributed by atoms with Crippen molar-refractivity contribution in [1.82, 2.24) is 25.2 Å². The van der Waals surface area contributed by atoms with Gasteiger partial charge in [-0.1, -0.05) is 6.07 Å². The lowest BCUT2D eigenvalue weighted by Gasteiger charge is -2.41. The number of halogens is 2. The molecular formula is C36H40F2N6O5. The molecule has 49 heavy (non-hydrogen) atoms. The summed E-state index contributed by atoms with van der Waals surface area (Å²) in [6.45, 7) is 5.33. The van der Waals surface area contributed by atoms with Crippen LogP contribution in [-0.2, 0) is 11.2 Å². The van der Waals surface area contributed by atoms with Crippen LogP contribution in [-0.4, -0.2) is 88.6 Å². The van der Waals surface area contributed by atoms with Gasteiger partial charge >= 0.3 is 12.1 Å². The van der Waals surface area contributed by atoms with E-state index in [0.717, 1.165) is 38.8 Å². The smallest absolute Gasteiger partial charge is 0.407 e. The number of aryl methyl sites for hydroxylation is 1. The van der Waals surface area contributed by atoms with E-state index in [0.29, 0.717) is 61.1 Å². The van der Waals surface area contributed by atoms with Crippen molar-refractivity contribution in [1.29, 1.82) is 0 Å². The van der Waals surface area contributed by atoms with Gasteiger partial charge in [0.2, 0.25) is 5.88 Å². The average Bonchev–Trinajstić information content (AvgIpc) is 3.66. The zero-order valence-electron chi connectivity index (χ0n) is 27.8. The highest BCUT2D eigenvalue weighted by molar-refractivity contribution is 6.03. The fourth-order valence-electron chi connectivity index (χ4n) is 8.53. The maximum absolute atomic E-state index is 17.2. The molecule has 5 aliphatic heterocycles. The Morgan fingerprint density at radius 1 is 1.02 bits per heavy atom. The van der Waals surface area contributed by atoms with Gasteiger partial charge in [-0.15, -0.1) is 0 Å². The summed E-state index contributed by atoms with van der Waals surface area (Å²) in [4.78, 5) is 31.7. The number of pyridine rings is 1. The van der Waals surface area contributed by atoms with Crippen molar-refractivity contribution >= 4 is 33.6 Å². The number of carbonyl (C=O) groups is 1. The molecule has 9 rings (SSSR count). The Kier molecular flexibility index (Phi) is 7.84. The number of hydrogen-bond acceptors (Lipinski definition) is 10. The molecule has 6 bridgehead atoms. The quantitative estimate of drug-likeness (QED) is 0.272. The summed E-state index contributed by atoms with van der Waals surface area (Å²) in [5.41, 5.74) is -0.528. The first kappa shape index (κ1) is 31.7. The van der Waals surface area contributed by atoms with E-state index < -0.39 is 23.3 Å². The van der Waals surface area contributed by atoms with Crippen LogP contribution in [0.2, 0.25) is 0 Å². The van der Waals surface area contributed by atoms with Crippen molar-refractivity contribution in [2.75, 3.05) is 51.4 Å². The summed E-state index contributed by atoms with van der Waals surface area (Å²) in [6.07, 6.45) is 5.55. The third-order valence-corrected chi connectivity index (χ3v) is 10.8. The topological polar surface area (TPSA) is 122 Å². The van der Waals surface area contributed by atoms with Crippen molar-refractivity contribution in [2.24, 2.45) is 0 Å². The minimum atomic E-state index is -0.770. The number of fused-ring (bicyclic) bond motifs is 7. The molecule has 13 heteroatoms. The van der Waals surface area contributed by atoms with E-state index in [2.05, 4.69) is 20.2 Å². The lowest BCUT2D eigenvalue weighted by Crippen LogP contribution is -2.57. The van der Waals surface area contributed by atoms with E-state index >= 15 is 8.78 Å². The van der Waals surface area contributed by atoms with Gasteiger partial charge in [0.1, 0.15) is 40.6 Å². The summed E-state index contributed by atoms with van der Waals surface area (Å²) in [5.74, 6) is -0.962. The largest absolute Gasteiger partial charge is 0.508 e. The molecule has 0 aliphatic carbocycles. The molecular weight excluding hydrogens is 634 g/mol. The average molecular weight is 675 g/mol. The normalized spacial score (nSPS) is 22.3. The van der Waals surface area contributed by atoms with Gasteiger partial charge < -0.3 is 29.5 Å². The van der Waals surface area contributed by atoms with Crippen LogP contribution in [0.15, 0.2) is 24.3 Å². The van der Waals surface area contributed by atoms with Crippen LogP contribution in [0.5, 0.6) is 17.6 Å². The van der Waals surface area contributed by atoms with Crippen LogP contribution in [0.1, 0.15) is 57.4 Å². The number of methoxy groups -OCH3 is 1. The van der Waals surface area contributed by atoms with E-state index in [1.165, 1.54) is 31.4 Å². The van der Waals surface area contributed by atoms with Gasteiger partial charge in [0.25, 0.3) is 0 Å². The summed E-state index contributed by atoms with van der Waals surface area (Å²) in [7, 11) is 1.44. The summed E-state index contributed by atoms with van der Waals surface area (Å²) in [5, 5.41) is 15.0. The number of aromatic hydroxyl groups is 1. The zero-order chi connectivity index (χ0) is 33.9. The molecule has 1 amide bonds. The second kappa shape index (κ2) is 12.1. The molecule has 4 aromatic rings.